The molecule has 1 heterocycles. The number of oxime groups is 1. The van der Waals surface area contributed by atoms with E-state index in [1.807, 2.05) is 6.07 Å². The molecule has 0 amide bonds. The van der Waals surface area contributed by atoms with E-state index in [0.29, 0.717) is 12.3 Å². The van der Waals surface area contributed by atoms with Crippen LogP contribution in [0.5, 0.6) is 5.88 Å². The first-order valence-corrected chi connectivity index (χ1v) is 3.71. The van der Waals surface area contributed by atoms with Gasteiger partial charge in [0.25, 0.3) is 0 Å². The predicted octanol–water partition coefficient (Wildman–Crippen LogP) is 0.379. The number of nitrogens with zero attached hydrogens (tertiary/aromatic N) is 2. The second-order valence-corrected chi connectivity index (χ2v) is 2.48. The van der Waals surface area contributed by atoms with Crippen LogP contribution in [-0.4, -0.2) is 23.1 Å². The second-order valence-electron chi connectivity index (χ2n) is 2.48. The molecule has 5 nitrogen and oxygen atoms in total. The topological polar surface area (TPSA) is 80.7 Å². The standard InChI is InChI=1S/C8H11N3O2/c1-13-8-3-2-6(5-10-8)4-7(9)11-12/h2-3,5,12H,4H2,1H3,(H2,9,11). The van der Waals surface area contributed by atoms with Gasteiger partial charge in [-0.2, -0.15) is 0 Å². The Labute approximate surface area is 75.8 Å². The molecule has 0 spiro atoms. The lowest BCUT2D eigenvalue weighted by Gasteiger charge is -2.00. The summed E-state index contributed by atoms with van der Waals surface area (Å²) < 4.78 is 4.88. The number of nitrogens with two attached hydrogens (primary N) is 1. The molecule has 0 bridgehead atoms. The van der Waals surface area contributed by atoms with Crippen LogP contribution in [0, 0.1) is 0 Å². The summed E-state index contributed by atoms with van der Waals surface area (Å²) >= 11 is 0. The number of ether oxygens (including phenoxy) is 1. The van der Waals surface area contributed by atoms with E-state index in [1.165, 1.54) is 0 Å². The molecule has 0 saturated carbocycles. The SMILES string of the molecule is COc1ccc(CC(N)=NO)cn1. The number of pyridine rings is 1. The van der Waals surface area contributed by atoms with Crippen molar-refractivity contribution in [1.82, 2.24) is 4.98 Å². The van der Waals surface area contributed by atoms with Crippen molar-refractivity contribution in [3.8, 4) is 5.88 Å². The summed E-state index contributed by atoms with van der Waals surface area (Å²) in [5, 5.41) is 11.2. The van der Waals surface area contributed by atoms with Crippen LogP contribution >= 0.6 is 0 Å². The number of hydrogen-bond donors (Lipinski definition) is 2. The molecule has 0 unspecified atom stereocenters. The maximum absolute atomic E-state index is 8.31. The molecule has 0 aromatic carbocycles. The molecule has 1 aromatic heterocycles. The van der Waals surface area contributed by atoms with Crippen LogP contribution in [0.15, 0.2) is 23.5 Å². The number of amidine groups is 1. The van der Waals surface area contributed by atoms with E-state index < -0.39 is 0 Å². The van der Waals surface area contributed by atoms with Crippen molar-refractivity contribution in [2.75, 3.05) is 7.11 Å². The average Bonchev–Trinajstić information content (AvgIpc) is 2.19. The van der Waals surface area contributed by atoms with Gasteiger partial charge in [0.1, 0.15) is 5.84 Å². The third-order valence-electron chi connectivity index (χ3n) is 1.52. The van der Waals surface area contributed by atoms with Gasteiger partial charge in [-0.1, -0.05) is 11.2 Å². The van der Waals surface area contributed by atoms with Gasteiger partial charge < -0.3 is 15.7 Å². The van der Waals surface area contributed by atoms with Gasteiger partial charge in [0.15, 0.2) is 0 Å². The van der Waals surface area contributed by atoms with Gasteiger partial charge in [0.2, 0.25) is 5.88 Å². The van der Waals surface area contributed by atoms with Gasteiger partial charge in [-0.25, -0.2) is 4.98 Å². The molecule has 0 aliphatic heterocycles. The largest absolute Gasteiger partial charge is 0.481 e. The Morgan fingerprint density at radius 1 is 1.69 bits per heavy atom. The quantitative estimate of drug-likeness (QED) is 0.306. The molecule has 5 heteroatoms. The van der Waals surface area contributed by atoms with Crippen LogP contribution in [-0.2, 0) is 6.42 Å². The van der Waals surface area contributed by atoms with E-state index in [-0.39, 0.29) is 5.84 Å². The summed E-state index contributed by atoms with van der Waals surface area (Å²) in [6.07, 6.45) is 2.00. The first-order valence-electron chi connectivity index (χ1n) is 3.71. The number of methoxy groups -OCH3 is 1. The third kappa shape index (κ3) is 2.62. The summed E-state index contributed by atoms with van der Waals surface area (Å²) in [5.74, 6) is 0.704. The van der Waals surface area contributed by atoms with Crippen molar-refractivity contribution < 1.29 is 9.94 Å². The van der Waals surface area contributed by atoms with Gasteiger partial charge in [-0.3, -0.25) is 0 Å². The van der Waals surface area contributed by atoms with Crippen molar-refractivity contribution in [3.05, 3.63) is 23.9 Å². The molecule has 0 saturated heterocycles. The minimum Gasteiger partial charge on any atom is -0.481 e. The molecule has 0 fully saturated rings. The highest BCUT2D eigenvalue weighted by molar-refractivity contribution is 5.81. The van der Waals surface area contributed by atoms with Crippen molar-refractivity contribution in [2.24, 2.45) is 10.9 Å². The zero-order chi connectivity index (χ0) is 9.68. The third-order valence-corrected chi connectivity index (χ3v) is 1.52. The van der Waals surface area contributed by atoms with Crippen LogP contribution in [0.4, 0.5) is 0 Å². The van der Waals surface area contributed by atoms with Crippen molar-refractivity contribution in [2.45, 2.75) is 6.42 Å². The van der Waals surface area contributed by atoms with Crippen LogP contribution in [0.2, 0.25) is 0 Å². The highest BCUT2D eigenvalue weighted by Gasteiger charge is 1.98. The van der Waals surface area contributed by atoms with Crippen molar-refractivity contribution in [1.29, 1.82) is 0 Å². The number of aromatic nitrogens is 1. The Hall–Kier alpha value is -1.78. The molecule has 1 rings (SSSR count). The van der Waals surface area contributed by atoms with Crippen LogP contribution in [0.1, 0.15) is 5.56 Å². The Bertz CT molecular complexity index is 295. The Morgan fingerprint density at radius 3 is 2.92 bits per heavy atom. The van der Waals surface area contributed by atoms with E-state index in [0.717, 1.165) is 5.56 Å². The maximum atomic E-state index is 8.31. The molecule has 0 aliphatic rings. The zero-order valence-electron chi connectivity index (χ0n) is 7.27. The summed E-state index contributed by atoms with van der Waals surface area (Å²) in [4.78, 5) is 3.97. The summed E-state index contributed by atoms with van der Waals surface area (Å²) in [5.41, 5.74) is 6.19. The lowest BCUT2D eigenvalue weighted by atomic mass is 10.2. The molecular formula is C8H11N3O2. The van der Waals surface area contributed by atoms with E-state index >= 15 is 0 Å². The van der Waals surface area contributed by atoms with Crippen LogP contribution in [0.3, 0.4) is 0 Å². The average molecular weight is 181 g/mol. The fourth-order valence-corrected chi connectivity index (χ4v) is 0.881. The molecule has 1 aromatic rings. The van der Waals surface area contributed by atoms with E-state index in [2.05, 4.69) is 10.1 Å². The minimum absolute atomic E-state index is 0.159. The lowest BCUT2D eigenvalue weighted by molar-refractivity contribution is 0.317. The van der Waals surface area contributed by atoms with E-state index in [1.54, 1.807) is 19.4 Å². The number of hydrogen-bond acceptors (Lipinski definition) is 4. The van der Waals surface area contributed by atoms with Gasteiger partial charge >= 0.3 is 0 Å². The molecular weight excluding hydrogens is 170 g/mol. The molecule has 70 valence electrons. The molecule has 3 N–H and O–H groups in total. The fraction of sp³-hybridized carbons (Fsp3) is 0.250. The Balaban J connectivity index is 2.69. The first kappa shape index (κ1) is 9.31. The van der Waals surface area contributed by atoms with Crippen LogP contribution < -0.4 is 10.5 Å². The monoisotopic (exact) mass is 181 g/mol. The van der Waals surface area contributed by atoms with E-state index in [4.69, 9.17) is 15.7 Å². The molecule has 0 atom stereocenters. The van der Waals surface area contributed by atoms with Crippen molar-refractivity contribution >= 4 is 5.84 Å². The normalized spacial score (nSPS) is 11.3. The summed E-state index contributed by atoms with van der Waals surface area (Å²) in [6, 6.07) is 3.53. The Morgan fingerprint density at radius 2 is 2.46 bits per heavy atom. The minimum atomic E-state index is 0.159. The highest BCUT2D eigenvalue weighted by atomic mass is 16.5. The summed E-state index contributed by atoms with van der Waals surface area (Å²) in [6.45, 7) is 0. The molecule has 0 aliphatic carbocycles. The van der Waals surface area contributed by atoms with Crippen LogP contribution in [0.25, 0.3) is 0 Å². The number of rotatable bonds is 3. The molecule has 13 heavy (non-hydrogen) atoms. The van der Waals surface area contributed by atoms with Gasteiger partial charge in [-0.15, -0.1) is 0 Å². The van der Waals surface area contributed by atoms with Gasteiger partial charge in [0, 0.05) is 18.7 Å². The molecule has 0 radical (unpaired) electrons. The van der Waals surface area contributed by atoms with Gasteiger partial charge in [-0.05, 0) is 5.56 Å². The van der Waals surface area contributed by atoms with Gasteiger partial charge in [0.05, 0.1) is 7.11 Å². The second kappa shape index (κ2) is 4.30. The van der Waals surface area contributed by atoms with Crippen molar-refractivity contribution in [3.63, 3.8) is 0 Å². The zero-order valence-corrected chi connectivity index (χ0v) is 7.27. The Kier molecular flexibility index (Phi) is 3.08. The predicted molar refractivity (Wildman–Crippen MR) is 47.9 cm³/mol. The lowest BCUT2D eigenvalue weighted by Crippen LogP contribution is -2.14. The smallest absolute Gasteiger partial charge is 0.212 e. The fourth-order valence-electron chi connectivity index (χ4n) is 0.881. The van der Waals surface area contributed by atoms with E-state index in [9.17, 15) is 0 Å². The maximum Gasteiger partial charge on any atom is 0.212 e. The summed E-state index contributed by atoms with van der Waals surface area (Å²) in [7, 11) is 1.55. The highest BCUT2D eigenvalue weighted by Crippen LogP contribution is 2.06. The first-order chi connectivity index (χ1) is 6.26.